The summed E-state index contributed by atoms with van der Waals surface area (Å²) in [5.74, 6) is 0.346. The van der Waals surface area contributed by atoms with Gasteiger partial charge in [-0.3, -0.25) is 9.78 Å². The number of halogens is 1. The van der Waals surface area contributed by atoms with Crippen LogP contribution in [0, 0.1) is 6.92 Å². The Morgan fingerprint density at radius 1 is 1.21 bits per heavy atom. The van der Waals surface area contributed by atoms with Crippen LogP contribution in [-0.2, 0) is 12.4 Å². The maximum atomic E-state index is 11.9. The van der Waals surface area contributed by atoms with Crippen LogP contribution in [0.15, 0.2) is 42.5 Å². The van der Waals surface area contributed by atoms with Crippen molar-refractivity contribution in [2.45, 2.75) is 19.3 Å². The van der Waals surface area contributed by atoms with Crippen molar-refractivity contribution < 1.29 is 4.79 Å². The van der Waals surface area contributed by atoms with Gasteiger partial charge >= 0.3 is 0 Å². The van der Waals surface area contributed by atoms with E-state index < -0.39 is 0 Å². The van der Waals surface area contributed by atoms with Gasteiger partial charge in [0, 0.05) is 17.1 Å². The van der Waals surface area contributed by atoms with Gasteiger partial charge in [0.1, 0.15) is 0 Å². The molecule has 0 radical (unpaired) electrons. The fraction of sp³-hybridized carbons (Fsp3) is 0.200. The minimum Gasteiger partial charge on any atom is -0.346 e. The quantitative estimate of drug-likeness (QED) is 0.871. The van der Waals surface area contributed by atoms with Crippen LogP contribution in [-0.4, -0.2) is 10.9 Å². The second-order valence-electron chi connectivity index (χ2n) is 4.28. The van der Waals surface area contributed by atoms with Crippen molar-refractivity contribution in [3.63, 3.8) is 0 Å². The first-order valence-electron chi connectivity index (χ1n) is 6.04. The van der Waals surface area contributed by atoms with Crippen LogP contribution in [0.4, 0.5) is 0 Å². The molecule has 0 fully saturated rings. The van der Waals surface area contributed by atoms with Crippen LogP contribution in [0.3, 0.4) is 0 Å². The van der Waals surface area contributed by atoms with E-state index in [1.54, 1.807) is 12.1 Å². The molecule has 0 unspecified atom stereocenters. The van der Waals surface area contributed by atoms with E-state index in [-0.39, 0.29) is 5.91 Å². The lowest BCUT2D eigenvalue weighted by molar-refractivity contribution is 0.0950. The number of nitrogens with one attached hydrogen (secondary N) is 1. The summed E-state index contributed by atoms with van der Waals surface area (Å²) in [6.07, 6.45) is 0. The zero-order chi connectivity index (χ0) is 13.7. The third-order valence-corrected chi connectivity index (χ3v) is 3.06. The van der Waals surface area contributed by atoms with Crippen molar-refractivity contribution in [1.82, 2.24) is 10.3 Å². The Bertz CT molecular complexity index is 567. The average Bonchev–Trinajstić information content (AvgIpc) is 2.45. The summed E-state index contributed by atoms with van der Waals surface area (Å²) in [6, 6.07) is 13.0. The topological polar surface area (TPSA) is 42.0 Å². The first kappa shape index (κ1) is 13.6. The largest absolute Gasteiger partial charge is 0.346 e. The SMILES string of the molecule is Cc1cccc(CNC(=O)c2ccc(CCl)cc2)n1. The van der Waals surface area contributed by atoms with Gasteiger partial charge in [-0.1, -0.05) is 18.2 Å². The van der Waals surface area contributed by atoms with E-state index in [9.17, 15) is 4.79 Å². The number of aromatic nitrogens is 1. The van der Waals surface area contributed by atoms with Gasteiger partial charge in [0.15, 0.2) is 0 Å². The third kappa shape index (κ3) is 3.80. The second kappa shape index (κ2) is 6.34. The van der Waals surface area contributed by atoms with E-state index in [0.29, 0.717) is 18.0 Å². The molecule has 1 aromatic carbocycles. The lowest BCUT2D eigenvalue weighted by Crippen LogP contribution is -2.23. The summed E-state index contributed by atoms with van der Waals surface area (Å²) in [7, 11) is 0. The molecule has 0 bridgehead atoms. The number of rotatable bonds is 4. The van der Waals surface area contributed by atoms with Crippen molar-refractivity contribution in [3.05, 3.63) is 65.0 Å². The first-order chi connectivity index (χ1) is 9.19. The Morgan fingerprint density at radius 3 is 2.58 bits per heavy atom. The molecule has 0 aliphatic rings. The van der Waals surface area contributed by atoms with E-state index in [1.807, 2.05) is 37.3 Å². The van der Waals surface area contributed by atoms with Gasteiger partial charge in [-0.25, -0.2) is 0 Å². The van der Waals surface area contributed by atoms with Crippen molar-refractivity contribution >= 4 is 17.5 Å². The Balaban J connectivity index is 1.97. The molecule has 0 saturated heterocycles. The maximum Gasteiger partial charge on any atom is 0.251 e. The van der Waals surface area contributed by atoms with E-state index in [4.69, 9.17) is 11.6 Å². The third-order valence-electron chi connectivity index (χ3n) is 2.75. The number of amides is 1. The number of benzene rings is 1. The molecule has 98 valence electrons. The summed E-state index contributed by atoms with van der Waals surface area (Å²) in [5, 5.41) is 2.85. The Hall–Kier alpha value is -1.87. The summed E-state index contributed by atoms with van der Waals surface area (Å²) >= 11 is 5.71. The minimum atomic E-state index is -0.107. The van der Waals surface area contributed by atoms with Gasteiger partial charge < -0.3 is 5.32 Å². The number of hydrogen-bond donors (Lipinski definition) is 1. The highest BCUT2D eigenvalue weighted by Gasteiger charge is 2.05. The second-order valence-corrected chi connectivity index (χ2v) is 4.55. The van der Waals surface area contributed by atoms with Crippen molar-refractivity contribution in [2.75, 3.05) is 0 Å². The normalized spacial score (nSPS) is 10.2. The predicted octanol–water partition coefficient (Wildman–Crippen LogP) is 3.06. The molecule has 1 aromatic heterocycles. The molecule has 2 aromatic rings. The molecule has 4 heteroatoms. The zero-order valence-corrected chi connectivity index (χ0v) is 11.4. The molecule has 1 amide bonds. The fourth-order valence-corrected chi connectivity index (χ4v) is 1.89. The van der Waals surface area contributed by atoms with E-state index in [0.717, 1.165) is 17.0 Å². The highest BCUT2D eigenvalue weighted by atomic mass is 35.5. The Kier molecular flexibility index (Phi) is 4.53. The van der Waals surface area contributed by atoms with E-state index in [2.05, 4.69) is 10.3 Å². The molecule has 2 rings (SSSR count). The van der Waals surface area contributed by atoms with Crippen LogP contribution in [0.5, 0.6) is 0 Å². The average molecular weight is 275 g/mol. The predicted molar refractivity (Wildman–Crippen MR) is 76.1 cm³/mol. The number of hydrogen-bond acceptors (Lipinski definition) is 2. The maximum absolute atomic E-state index is 11.9. The molecule has 0 atom stereocenters. The molecule has 0 aliphatic heterocycles. The molecule has 0 aliphatic carbocycles. The minimum absolute atomic E-state index is 0.107. The van der Waals surface area contributed by atoms with Crippen LogP contribution >= 0.6 is 11.6 Å². The van der Waals surface area contributed by atoms with Gasteiger partial charge in [-0.05, 0) is 36.8 Å². The van der Waals surface area contributed by atoms with Crippen LogP contribution in [0.2, 0.25) is 0 Å². The zero-order valence-electron chi connectivity index (χ0n) is 10.7. The summed E-state index contributed by atoms with van der Waals surface area (Å²) in [4.78, 5) is 16.3. The van der Waals surface area contributed by atoms with Crippen LogP contribution < -0.4 is 5.32 Å². The number of carbonyl (C=O) groups is 1. The van der Waals surface area contributed by atoms with Crippen LogP contribution in [0.25, 0.3) is 0 Å². The van der Waals surface area contributed by atoms with Gasteiger partial charge in [0.05, 0.1) is 12.2 Å². The van der Waals surface area contributed by atoms with Crippen molar-refractivity contribution in [1.29, 1.82) is 0 Å². The van der Waals surface area contributed by atoms with Gasteiger partial charge in [-0.2, -0.15) is 0 Å². The van der Waals surface area contributed by atoms with Gasteiger partial charge in [0.25, 0.3) is 5.91 Å². The molecule has 0 spiro atoms. The number of nitrogens with zero attached hydrogens (tertiary/aromatic N) is 1. The molecule has 0 saturated carbocycles. The summed E-state index contributed by atoms with van der Waals surface area (Å²) in [6.45, 7) is 2.36. The van der Waals surface area contributed by atoms with Crippen LogP contribution in [0.1, 0.15) is 27.3 Å². The molecule has 1 N–H and O–H groups in total. The summed E-state index contributed by atoms with van der Waals surface area (Å²) in [5.41, 5.74) is 3.42. The smallest absolute Gasteiger partial charge is 0.251 e. The van der Waals surface area contributed by atoms with E-state index in [1.165, 1.54) is 0 Å². The first-order valence-corrected chi connectivity index (χ1v) is 6.58. The number of aryl methyl sites for hydroxylation is 1. The molecule has 3 nitrogen and oxygen atoms in total. The lowest BCUT2D eigenvalue weighted by Gasteiger charge is -2.06. The number of carbonyl (C=O) groups excluding carboxylic acids is 1. The highest BCUT2D eigenvalue weighted by molar-refractivity contribution is 6.17. The molecule has 1 heterocycles. The standard InChI is InChI=1S/C15H15ClN2O/c1-11-3-2-4-14(18-11)10-17-15(19)13-7-5-12(9-16)6-8-13/h2-8H,9-10H2,1H3,(H,17,19). The van der Waals surface area contributed by atoms with E-state index >= 15 is 0 Å². The lowest BCUT2D eigenvalue weighted by atomic mass is 10.1. The number of pyridine rings is 1. The number of alkyl halides is 1. The van der Waals surface area contributed by atoms with Gasteiger partial charge in [0.2, 0.25) is 0 Å². The monoisotopic (exact) mass is 274 g/mol. The highest BCUT2D eigenvalue weighted by Crippen LogP contribution is 2.07. The Labute approximate surface area is 117 Å². The molecular weight excluding hydrogens is 260 g/mol. The van der Waals surface area contributed by atoms with Gasteiger partial charge in [-0.15, -0.1) is 11.6 Å². The summed E-state index contributed by atoms with van der Waals surface area (Å²) < 4.78 is 0. The molecular formula is C15H15ClN2O. The van der Waals surface area contributed by atoms with Crippen molar-refractivity contribution in [2.24, 2.45) is 0 Å². The van der Waals surface area contributed by atoms with Crippen molar-refractivity contribution in [3.8, 4) is 0 Å². The fourth-order valence-electron chi connectivity index (χ4n) is 1.72. The molecule has 19 heavy (non-hydrogen) atoms. The Morgan fingerprint density at radius 2 is 1.95 bits per heavy atom.